The Labute approximate surface area is 78.7 Å². The van der Waals surface area contributed by atoms with Gasteiger partial charge in [-0.15, -0.1) is 0 Å². The van der Waals surface area contributed by atoms with E-state index in [4.69, 9.17) is 17.4 Å². The molecule has 0 amide bonds. The van der Waals surface area contributed by atoms with Gasteiger partial charge in [-0.25, -0.2) is 5.84 Å². The summed E-state index contributed by atoms with van der Waals surface area (Å²) in [5, 5.41) is 4.30. The van der Waals surface area contributed by atoms with E-state index in [1.165, 1.54) is 10.8 Å². The Morgan fingerprint density at radius 1 is 1.62 bits per heavy atom. The molecule has 3 N–H and O–H groups in total. The van der Waals surface area contributed by atoms with Crippen LogP contribution in [0.15, 0.2) is 6.33 Å². The topological polar surface area (TPSA) is 81.1 Å². The highest BCUT2D eigenvalue weighted by Crippen LogP contribution is 2.20. The maximum atomic E-state index is 5.84. The SMILES string of the molecule is Cc1c(Cl)nc2ncnn2c1NN. The van der Waals surface area contributed by atoms with Gasteiger partial charge in [0.15, 0.2) is 5.82 Å². The van der Waals surface area contributed by atoms with E-state index in [1.807, 2.05) is 0 Å². The van der Waals surface area contributed by atoms with Crippen LogP contribution in [0.5, 0.6) is 0 Å². The van der Waals surface area contributed by atoms with E-state index >= 15 is 0 Å². The fourth-order valence-corrected chi connectivity index (χ4v) is 1.23. The van der Waals surface area contributed by atoms with Crippen LogP contribution in [0.2, 0.25) is 5.15 Å². The van der Waals surface area contributed by atoms with E-state index < -0.39 is 0 Å². The molecule has 13 heavy (non-hydrogen) atoms. The molecule has 0 aliphatic heterocycles. The summed E-state index contributed by atoms with van der Waals surface area (Å²) >= 11 is 5.84. The van der Waals surface area contributed by atoms with Crippen molar-refractivity contribution in [3.8, 4) is 0 Å². The Bertz CT molecular complexity index is 450. The second kappa shape index (κ2) is 2.82. The number of hydrazine groups is 1. The molecule has 0 fully saturated rings. The van der Waals surface area contributed by atoms with Crippen molar-refractivity contribution in [2.75, 3.05) is 5.43 Å². The van der Waals surface area contributed by atoms with Crippen molar-refractivity contribution in [2.45, 2.75) is 6.92 Å². The number of anilines is 1. The van der Waals surface area contributed by atoms with Crippen LogP contribution < -0.4 is 11.3 Å². The molecule has 0 unspecified atom stereocenters. The van der Waals surface area contributed by atoms with E-state index in [9.17, 15) is 0 Å². The lowest BCUT2D eigenvalue weighted by atomic mass is 10.3. The van der Waals surface area contributed by atoms with Gasteiger partial charge in [-0.3, -0.25) is 0 Å². The molecule has 0 aliphatic carbocycles. The maximum absolute atomic E-state index is 5.84. The van der Waals surface area contributed by atoms with Crippen molar-refractivity contribution in [3.63, 3.8) is 0 Å². The molecule has 0 saturated carbocycles. The number of rotatable bonds is 1. The average Bonchev–Trinajstić information content (AvgIpc) is 2.54. The van der Waals surface area contributed by atoms with Crippen molar-refractivity contribution in [1.82, 2.24) is 19.6 Å². The molecule has 0 radical (unpaired) electrons. The summed E-state index contributed by atoms with van der Waals surface area (Å²) in [7, 11) is 0. The van der Waals surface area contributed by atoms with Crippen LogP contribution in [0.4, 0.5) is 5.82 Å². The zero-order valence-corrected chi connectivity index (χ0v) is 7.58. The second-order valence-corrected chi connectivity index (χ2v) is 2.85. The number of nitrogens with zero attached hydrogens (tertiary/aromatic N) is 4. The summed E-state index contributed by atoms with van der Waals surface area (Å²) in [4.78, 5) is 7.89. The summed E-state index contributed by atoms with van der Waals surface area (Å²) in [5.74, 6) is 6.33. The zero-order chi connectivity index (χ0) is 9.42. The van der Waals surface area contributed by atoms with Gasteiger partial charge < -0.3 is 5.43 Å². The molecule has 0 saturated heterocycles. The van der Waals surface area contributed by atoms with E-state index in [0.717, 1.165) is 5.56 Å². The van der Waals surface area contributed by atoms with Crippen LogP contribution in [0.3, 0.4) is 0 Å². The maximum Gasteiger partial charge on any atom is 0.255 e. The number of hydrogen-bond donors (Lipinski definition) is 2. The highest BCUT2D eigenvalue weighted by Gasteiger charge is 2.10. The fourth-order valence-electron chi connectivity index (χ4n) is 1.07. The molecule has 2 rings (SSSR count). The standard InChI is InChI=1S/C6H7ClN6/c1-3-4(7)11-6-9-2-10-13(6)5(3)12-8/h2,12H,8H2,1H3. The third kappa shape index (κ3) is 1.11. The fraction of sp³-hybridized carbons (Fsp3) is 0.167. The van der Waals surface area contributed by atoms with Gasteiger partial charge in [-0.1, -0.05) is 11.6 Å². The quantitative estimate of drug-likeness (QED) is 0.393. The lowest BCUT2D eigenvalue weighted by molar-refractivity contribution is 0.925. The van der Waals surface area contributed by atoms with Gasteiger partial charge in [0, 0.05) is 5.56 Å². The van der Waals surface area contributed by atoms with Gasteiger partial charge in [0.25, 0.3) is 5.78 Å². The van der Waals surface area contributed by atoms with Crippen molar-refractivity contribution in [1.29, 1.82) is 0 Å². The molecule has 2 heterocycles. The van der Waals surface area contributed by atoms with Gasteiger partial charge in [-0.2, -0.15) is 19.6 Å². The Hall–Kier alpha value is -1.40. The highest BCUT2D eigenvalue weighted by molar-refractivity contribution is 6.30. The number of nitrogens with one attached hydrogen (secondary N) is 1. The van der Waals surface area contributed by atoms with Gasteiger partial charge in [0.05, 0.1) is 0 Å². The Balaban J connectivity index is 2.87. The first-order valence-corrected chi connectivity index (χ1v) is 3.94. The largest absolute Gasteiger partial charge is 0.308 e. The van der Waals surface area contributed by atoms with Crippen molar-refractivity contribution < 1.29 is 0 Å². The van der Waals surface area contributed by atoms with Crippen LogP contribution in [-0.2, 0) is 0 Å². The van der Waals surface area contributed by atoms with Crippen molar-refractivity contribution >= 4 is 23.2 Å². The number of nitrogen functional groups attached to an aromatic ring is 1. The summed E-state index contributed by atoms with van der Waals surface area (Å²) in [6.07, 6.45) is 1.39. The number of halogens is 1. The number of hydrogen-bond acceptors (Lipinski definition) is 5. The Morgan fingerprint density at radius 2 is 2.38 bits per heavy atom. The van der Waals surface area contributed by atoms with Gasteiger partial charge in [-0.05, 0) is 6.92 Å². The van der Waals surface area contributed by atoms with Gasteiger partial charge >= 0.3 is 0 Å². The molecule has 0 bridgehead atoms. The first kappa shape index (κ1) is 8.21. The molecule has 0 aromatic carbocycles. The molecule has 7 heteroatoms. The Morgan fingerprint density at radius 3 is 3.08 bits per heavy atom. The number of fused-ring (bicyclic) bond motifs is 1. The van der Waals surface area contributed by atoms with E-state index in [0.29, 0.717) is 16.7 Å². The normalized spacial score (nSPS) is 10.7. The summed E-state index contributed by atoms with van der Waals surface area (Å²) in [6, 6.07) is 0. The minimum atomic E-state index is 0.369. The minimum absolute atomic E-state index is 0.369. The molecular weight excluding hydrogens is 192 g/mol. The number of nitrogens with two attached hydrogens (primary N) is 1. The highest BCUT2D eigenvalue weighted by atomic mass is 35.5. The third-order valence-electron chi connectivity index (χ3n) is 1.74. The lowest BCUT2D eigenvalue weighted by Crippen LogP contribution is -2.14. The van der Waals surface area contributed by atoms with Crippen LogP contribution in [-0.4, -0.2) is 19.6 Å². The summed E-state index contributed by atoms with van der Waals surface area (Å²) in [6.45, 7) is 1.80. The molecular formula is C6H7ClN6. The molecule has 68 valence electrons. The smallest absolute Gasteiger partial charge is 0.255 e. The van der Waals surface area contributed by atoms with Crippen LogP contribution in [0, 0.1) is 6.92 Å². The predicted molar refractivity (Wildman–Crippen MR) is 48.3 cm³/mol. The summed E-state index contributed by atoms with van der Waals surface area (Å²) < 4.78 is 1.49. The molecule has 0 aliphatic rings. The van der Waals surface area contributed by atoms with Crippen LogP contribution in [0.1, 0.15) is 5.56 Å². The van der Waals surface area contributed by atoms with Crippen molar-refractivity contribution in [2.24, 2.45) is 5.84 Å². The average molecular weight is 199 g/mol. The second-order valence-electron chi connectivity index (χ2n) is 2.49. The van der Waals surface area contributed by atoms with E-state index in [1.54, 1.807) is 6.92 Å². The molecule has 2 aromatic rings. The Kier molecular flexibility index (Phi) is 1.78. The van der Waals surface area contributed by atoms with Gasteiger partial charge in [0.2, 0.25) is 0 Å². The molecule has 2 aromatic heterocycles. The molecule has 0 spiro atoms. The van der Waals surface area contributed by atoms with Crippen molar-refractivity contribution in [3.05, 3.63) is 17.0 Å². The number of aromatic nitrogens is 4. The molecule has 6 nitrogen and oxygen atoms in total. The van der Waals surface area contributed by atoms with Crippen LogP contribution >= 0.6 is 11.6 Å². The van der Waals surface area contributed by atoms with E-state index in [2.05, 4.69) is 20.5 Å². The lowest BCUT2D eigenvalue weighted by Gasteiger charge is -2.06. The first-order valence-electron chi connectivity index (χ1n) is 3.56. The first-order chi connectivity index (χ1) is 6.24. The minimum Gasteiger partial charge on any atom is -0.308 e. The summed E-state index contributed by atoms with van der Waals surface area (Å²) in [5.41, 5.74) is 3.24. The van der Waals surface area contributed by atoms with Crippen LogP contribution in [0.25, 0.3) is 5.78 Å². The predicted octanol–water partition coefficient (Wildman–Crippen LogP) is 0.372. The zero-order valence-electron chi connectivity index (χ0n) is 6.82. The monoisotopic (exact) mass is 198 g/mol. The van der Waals surface area contributed by atoms with Gasteiger partial charge in [0.1, 0.15) is 11.5 Å². The third-order valence-corrected chi connectivity index (χ3v) is 2.11. The van der Waals surface area contributed by atoms with E-state index in [-0.39, 0.29) is 0 Å². The molecule has 0 atom stereocenters.